The summed E-state index contributed by atoms with van der Waals surface area (Å²) in [6, 6.07) is 0. The normalized spacial score (nSPS) is 19.5. The highest BCUT2D eigenvalue weighted by Gasteiger charge is 2.36. The lowest BCUT2D eigenvalue weighted by molar-refractivity contribution is 0.0366. The second kappa shape index (κ2) is 5.46. The molecule has 0 atom stereocenters. The molecule has 2 rings (SSSR count). The fraction of sp³-hybridized carbons (Fsp3) is 0.769. The third-order valence-corrected chi connectivity index (χ3v) is 4.77. The summed E-state index contributed by atoms with van der Waals surface area (Å²) in [6.07, 6.45) is 3.24. The summed E-state index contributed by atoms with van der Waals surface area (Å²) < 4.78 is 5.50. The van der Waals surface area contributed by atoms with Crippen LogP contribution in [0.15, 0.2) is 0 Å². The Kier molecular flexibility index (Phi) is 4.17. The molecule has 0 spiro atoms. The molecule has 1 aliphatic rings. The minimum Gasteiger partial charge on any atom is -0.381 e. The van der Waals surface area contributed by atoms with Crippen LogP contribution in [-0.4, -0.2) is 24.7 Å². The van der Waals surface area contributed by atoms with Crippen LogP contribution in [0.5, 0.6) is 0 Å². The smallest absolute Gasteiger partial charge is 0.113 e. The lowest BCUT2D eigenvalue weighted by Gasteiger charge is -2.36. The van der Waals surface area contributed by atoms with Gasteiger partial charge in [0.2, 0.25) is 0 Å². The monoisotopic (exact) mass is 254 g/mol. The number of aromatic nitrogens is 1. The first kappa shape index (κ1) is 13.0. The molecule has 0 saturated carbocycles. The Morgan fingerprint density at radius 2 is 2.06 bits per heavy atom. The fourth-order valence-electron chi connectivity index (χ4n) is 2.23. The van der Waals surface area contributed by atoms with E-state index in [0.717, 1.165) is 39.0 Å². The Morgan fingerprint density at radius 3 is 2.59 bits per heavy atom. The predicted molar refractivity (Wildman–Crippen MR) is 71.6 cm³/mol. The van der Waals surface area contributed by atoms with Crippen LogP contribution in [0.3, 0.4) is 0 Å². The van der Waals surface area contributed by atoms with E-state index < -0.39 is 0 Å². The quantitative estimate of drug-likeness (QED) is 0.897. The minimum atomic E-state index is 0.0674. The van der Waals surface area contributed by atoms with E-state index in [9.17, 15) is 0 Å². The van der Waals surface area contributed by atoms with Crippen molar-refractivity contribution in [1.29, 1.82) is 0 Å². The second-order valence-electron chi connectivity index (χ2n) is 4.78. The fourth-order valence-corrected chi connectivity index (χ4v) is 3.37. The number of rotatable bonds is 4. The number of thiazole rings is 1. The van der Waals surface area contributed by atoms with Gasteiger partial charge in [0.15, 0.2) is 0 Å². The van der Waals surface area contributed by atoms with Gasteiger partial charge in [-0.25, -0.2) is 4.98 Å². The van der Waals surface area contributed by atoms with Gasteiger partial charge in [0.1, 0.15) is 5.01 Å². The Bertz CT molecular complexity index is 350. The number of aryl methyl sites for hydroxylation is 2. The topological polar surface area (TPSA) is 34.2 Å². The summed E-state index contributed by atoms with van der Waals surface area (Å²) in [5.41, 5.74) is 1.24. The van der Waals surface area contributed by atoms with Crippen molar-refractivity contribution in [2.24, 2.45) is 0 Å². The lowest BCUT2D eigenvalue weighted by Crippen LogP contribution is -2.47. The van der Waals surface area contributed by atoms with Crippen molar-refractivity contribution in [3.8, 4) is 0 Å². The van der Waals surface area contributed by atoms with E-state index in [2.05, 4.69) is 26.1 Å². The molecule has 1 aromatic rings. The van der Waals surface area contributed by atoms with Gasteiger partial charge in [0.05, 0.1) is 11.2 Å². The van der Waals surface area contributed by atoms with E-state index in [1.807, 2.05) is 11.3 Å². The maximum Gasteiger partial charge on any atom is 0.113 e. The Hall–Kier alpha value is -0.450. The summed E-state index contributed by atoms with van der Waals surface area (Å²) in [4.78, 5) is 6.10. The zero-order valence-corrected chi connectivity index (χ0v) is 11.8. The lowest BCUT2D eigenvalue weighted by atomic mass is 9.90. The summed E-state index contributed by atoms with van der Waals surface area (Å²) in [5.74, 6) is 0. The van der Waals surface area contributed by atoms with Gasteiger partial charge in [0, 0.05) is 18.1 Å². The van der Waals surface area contributed by atoms with E-state index in [1.54, 1.807) is 0 Å². The summed E-state index contributed by atoms with van der Waals surface area (Å²) in [5, 5.41) is 4.96. The molecular formula is C13H22N2OS. The van der Waals surface area contributed by atoms with Crippen LogP contribution in [0.1, 0.15) is 41.8 Å². The van der Waals surface area contributed by atoms with Gasteiger partial charge in [-0.1, -0.05) is 6.92 Å². The molecule has 3 nitrogen and oxygen atoms in total. The van der Waals surface area contributed by atoms with E-state index >= 15 is 0 Å². The van der Waals surface area contributed by atoms with Crippen LogP contribution in [-0.2, 0) is 10.3 Å². The molecule has 2 heterocycles. The molecule has 1 fully saturated rings. The maximum absolute atomic E-state index is 5.50. The van der Waals surface area contributed by atoms with Crippen molar-refractivity contribution in [2.45, 2.75) is 45.6 Å². The molecule has 0 amide bonds. The molecule has 1 aromatic heterocycles. The van der Waals surface area contributed by atoms with Crippen molar-refractivity contribution in [3.05, 3.63) is 15.6 Å². The highest BCUT2D eigenvalue weighted by molar-refractivity contribution is 7.11. The van der Waals surface area contributed by atoms with Crippen molar-refractivity contribution < 1.29 is 4.74 Å². The SMILES string of the molecule is CCCNC1(c2nc(C)c(C)s2)CCOCC1. The van der Waals surface area contributed by atoms with Crippen molar-refractivity contribution in [3.63, 3.8) is 0 Å². The number of ether oxygens (including phenoxy) is 1. The molecule has 0 radical (unpaired) electrons. The molecule has 0 aromatic carbocycles. The zero-order valence-electron chi connectivity index (χ0n) is 11.0. The maximum atomic E-state index is 5.50. The number of nitrogens with one attached hydrogen (secondary N) is 1. The van der Waals surface area contributed by atoms with Gasteiger partial charge in [-0.3, -0.25) is 0 Å². The van der Waals surface area contributed by atoms with Gasteiger partial charge >= 0.3 is 0 Å². The average molecular weight is 254 g/mol. The van der Waals surface area contributed by atoms with Crippen LogP contribution in [0.25, 0.3) is 0 Å². The van der Waals surface area contributed by atoms with Crippen LogP contribution in [0.2, 0.25) is 0 Å². The number of nitrogens with zero attached hydrogens (tertiary/aromatic N) is 1. The molecular weight excluding hydrogens is 232 g/mol. The Labute approximate surface area is 108 Å². The molecule has 1 N–H and O–H groups in total. The van der Waals surface area contributed by atoms with Gasteiger partial charge in [-0.15, -0.1) is 11.3 Å². The van der Waals surface area contributed by atoms with Gasteiger partial charge < -0.3 is 10.1 Å². The molecule has 17 heavy (non-hydrogen) atoms. The van der Waals surface area contributed by atoms with Crippen molar-refractivity contribution in [1.82, 2.24) is 10.3 Å². The molecule has 4 heteroatoms. The summed E-state index contributed by atoms with van der Waals surface area (Å²) in [6.45, 7) is 9.20. The van der Waals surface area contributed by atoms with E-state index in [-0.39, 0.29) is 5.54 Å². The highest BCUT2D eigenvalue weighted by Crippen LogP contribution is 2.35. The molecule has 0 unspecified atom stereocenters. The highest BCUT2D eigenvalue weighted by atomic mass is 32.1. The summed E-state index contributed by atoms with van der Waals surface area (Å²) in [7, 11) is 0. The average Bonchev–Trinajstić information content (AvgIpc) is 2.69. The third-order valence-electron chi connectivity index (χ3n) is 3.50. The van der Waals surface area contributed by atoms with E-state index in [0.29, 0.717) is 0 Å². The molecule has 0 bridgehead atoms. The predicted octanol–water partition coefficient (Wildman–Crippen LogP) is 2.77. The standard InChI is InChI=1S/C13H22N2OS/c1-4-7-14-13(5-8-16-9-6-13)12-15-10(2)11(3)17-12/h14H,4-9H2,1-3H3. The summed E-state index contributed by atoms with van der Waals surface area (Å²) >= 11 is 1.84. The van der Waals surface area contributed by atoms with Crippen LogP contribution in [0.4, 0.5) is 0 Å². The van der Waals surface area contributed by atoms with Crippen LogP contribution < -0.4 is 5.32 Å². The van der Waals surface area contributed by atoms with E-state index in [4.69, 9.17) is 9.72 Å². The molecule has 0 aliphatic carbocycles. The Balaban J connectivity index is 2.25. The van der Waals surface area contributed by atoms with Crippen molar-refractivity contribution in [2.75, 3.05) is 19.8 Å². The molecule has 96 valence electrons. The third kappa shape index (κ3) is 2.69. The first-order valence-corrected chi connectivity index (χ1v) is 7.27. The van der Waals surface area contributed by atoms with Crippen LogP contribution in [0, 0.1) is 13.8 Å². The van der Waals surface area contributed by atoms with Gasteiger partial charge in [-0.05, 0) is 39.7 Å². The van der Waals surface area contributed by atoms with Crippen LogP contribution >= 0.6 is 11.3 Å². The minimum absolute atomic E-state index is 0.0674. The second-order valence-corrected chi connectivity index (χ2v) is 5.99. The number of hydrogen-bond acceptors (Lipinski definition) is 4. The van der Waals surface area contributed by atoms with Gasteiger partial charge in [0.25, 0.3) is 0 Å². The number of hydrogen-bond donors (Lipinski definition) is 1. The largest absolute Gasteiger partial charge is 0.381 e. The molecule has 1 saturated heterocycles. The van der Waals surface area contributed by atoms with E-state index in [1.165, 1.54) is 15.6 Å². The molecule has 1 aliphatic heterocycles. The Morgan fingerprint density at radius 1 is 1.35 bits per heavy atom. The first-order chi connectivity index (χ1) is 8.18. The van der Waals surface area contributed by atoms with Crippen molar-refractivity contribution >= 4 is 11.3 Å². The first-order valence-electron chi connectivity index (χ1n) is 6.45. The van der Waals surface area contributed by atoms with Gasteiger partial charge in [-0.2, -0.15) is 0 Å². The zero-order chi connectivity index (χ0) is 12.3.